The maximum absolute atomic E-state index is 13.2. The van der Waals surface area contributed by atoms with Crippen molar-refractivity contribution in [2.75, 3.05) is 13.2 Å². The molecule has 0 saturated carbocycles. The summed E-state index contributed by atoms with van der Waals surface area (Å²) in [7, 11) is 0. The maximum Gasteiger partial charge on any atom is 0.344 e. The van der Waals surface area contributed by atoms with Crippen molar-refractivity contribution in [1.82, 2.24) is 5.32 Å². The van der Waals surface area contributed by atoms with Crippen molar-refractivity contribution in [2.45, 2.75) is 6.42 Å². The normalized spacial score (nSPS) is 9.89. The van der Waals surface area contributed by atoms with Crippen LogP contribution in [0.1, 0.15) is 16.8 Å². The average molecular weight is 258 g/mol. The Balaban J connectivity index is 2.44. The third kappa shape index (κ3) is 4.00. The second-order valence-electron chi connectivity index (χ2n) is 3.38. The first-order valence-corrected chi connectivity index (χ1v) is 5.17. The van der Waals surface area contributed by atoms with Gasteiger partial charge in [-0.3, -0.25) is 0 Å². The number of carbonyl (C=O) groups excluding carboxylic acids is 2. The highest BCUT2D eigenvalue weighted by molar-refractivity contribution is 5.89. The van der Waals surface area contributed by atoms with E-state index >= 15 is 0 Å². The van der Waals surface area contributed by atoms with Crippen molar-refractivity contribution in [1.29, 1.82) is 0 Å². The molecule has 18 heavy (non-hydrogen) atoms. The van der Waals surface area contributed by atoms with Gasteiger partial charge < -0.3 is 15.8 Å². The molecule has 0 fully saturated rings. The van der Waals surface area contributed by atoms with Crippen molar-refractivity contribution < 1.29 is 23.1 Å². The van der Waals surface area contributed by atoms with E-state index in [-0.39, 0.29) is 13.2 Å². The number of carbonyl (C=O) groups is 2. The largest absolute Gasteiger partial charge is 0.462 e. The van der Waals surface area contributed by atoms with E-state index in [1.807, 2.05) is 0 Å². The lowest BCUT2D eigenvalue weighted by molar-refractivity contribution is 0.0490. The van der Waals surface area contributed by atoms with Gasteiger partial charge in [0.15, 0.2) is 0 Å². The molecule has 2 amide bonds. The van der Waals surface area contributed by atoms with Gasteiger partial charge in [0.05, 0.1) is 6.61 Å². The minimum absolute atomic E-state index is 0.0765. The molecule has 0 radical (unpaired) electrons. The predicted molar refractivity (Wildman–Crippen MR) is 58.8 cm³/mol. The minimum atomic E-state index is -1.08. The topological polar surface area (TPSA) is 81.4 Å². The number of nitrogens with one attached hydrogen (secondary N) is 1. The summed E-state index contributed by atoms with van der Waals surface area (Å²) >= 11 is 0. The number of nitrogens with two attached hydrogens (primary N) is 1. The quantitative estimate of drug-likeness (QED) is 0.614. The maximum atomic E-state index is 13.2. The fraction of sp³-hybridized carbons (Fsp3) is 0.273. The molecule has 0 aliphatic carbocycles. The van der Waals surface area contributed by atoms with E-state index in [0.29, 0.717) is 6.42 Å². The molecular formula is C11H12F2N2O3. The highest BCUT2D eigenvalue weighted by atomic mass is 19.1. The summed E-state index contributed by atoms with van der Waals surface area (Å²) in [6, 6.07) is 2.39. The molecule has 0 aliphatic heterocycles. The van der Waals surface area contributed by atoms with Gasteiger partial charge in [-0.1, -0.05) is 6.07 Å². The number of hydrogen-bond acceptors (Lipinski definition) is 3. The Morgan fingerprint density at radius 1 is 1.28 bits per heavy atom. The van der Waals surface area contributed by atoms with Crippen molar-refractivity contribution in [3.05, 3.63) is 35.4 Å². The Morgan fingerprint density at radius 2 is 1.89 bits per heavy atom. The first-order valence-electron chi connectivity index (χ1n) is 5.17. The van der Waals surface area contributed by atoms with Gasteiger partial charge in [-0.05, 0) is 18.6 Å². The third-order valence-electron chi connectivity index (χ3n) is 2.02. The van der Waals surface area contributed by atoms with Crippen molar-refractivity contribution in [3.63, 3.8) is 0 Å². The first kappa shape index (κ1) is 13.9. The van der Waals surface area contributed by atoms with Crippen LogP contribution in [0.4, 0.5) is 13.6 Å². The molecule has 1 aromatic rings. The molecular weight excluding hydrogens is 246 g/mol. The van der Waals surface area contributed by atoms with Crippen LogP contribution in [0.25, 0.3) is 0 Å². The summed E-state index contributed by atoms with van der Waals surface area (Å²) in [4.78, 5) is 21.7. The van der Waals surface area contributed by atoms with Gasteiger partial charge in [0, 0.05) is 6.54 Å². The smallest absolute Gasteiger partial charge is 0.344 e. The third-order valence-corrected chi connectivity index (χ3v) is 2.02. The highest BCUT2D eigenvalue weighted by Gasteiger charge is 2.17. The Bertz CT molecular complexity index is 432. The molecule has 3 N–H and O–H groups in total. The van der Waals surface area contributed by atoms with E-state index in [1.165, 1.54) is 0 Å². The fourth-order valence-electron chi connectivity index (χ4n) is 1.21. The monoisotopic (exact) mass is 258 g/mol. The zero-order valence-corrected chi connectivity index (χ0v) is 9.41. The first-order chi connectivity index (χ1) is 8.52. The number of hydrogen-bond donors (Lipinski definition) is 2. The molecule has 0 saturated heterocycles. The number of ether oxygens (including phenoxy) is 1. The zero-order valence-electron chi connectivity index (χ0n) is 9.41. The van der Waals surface area contributed by atoms with Gasteiger partial charge in [0.2, 0.25) is 0 Å². The van der Waals surface area contributed by atoms with Crippen LogP contribution in [0.5, 0.6) is 0 Å². The fourth-order valence-corrected chi connectivity index (χ4v) is 1.21. The summed E-state index contributed by atoms with van der Waals surface area (Å²) in [6.45, 7) is 0.134. The van der Waals surface area contributed by atoms with Crippen LogP contribution in [0, 0.1) is 11.6 Å². The molecule has 5 nitrogen and oxygen atoms in total. The van der Waals surface area contributed by atoms with Gasteiger partial charge >= 0.3 is 12.0 Å². The number of esters is 1. The molecule has 1 aromatic carbocycles. The second kappa shape index (κ2) is 6.53. The van der Waals surface area contributed by atoms with E-state index in [4.69, 9.17) is 5.73 Å². The Kier molecular flexibility index (Phi) is 5.04. The van der Waals surface area contributed by atoms with E-state index in [0.717, 1.165) is 18.2 Å². The number of halogens is 2. The summed E-state index contributed by atoms with van der Waals surface area (Å²) < 4.78 is 31.0. The number of benzene rings is 1. The van der Waals surface area contributed by atoms with Crippen LogP contribution in [0.2, 0.25) is 0 Å². The van der Waals surface area contributed by atoms with E-state index < -0.39 is 29.2 Å². The Labute approximate surface area is 102 Å². The van der Waals surface area contributed by atoms with Gasteiger partial charge in [-0.15, -0.1) is 0 Å². The zero-order chi connectivity index (χ0) is 13.5. The lowest BCUT2D eigenvalue weighted by atomic mass is 10.2. The average Bonchev–Trinajstić information content (AvgIpc) is 2.27. The summed E-state index contributed by atoms with van der Waals surface area (Å²) in [5.74, 6) is -3.03. The molecule has 0 atom stereocenters. The SMILES string of the molecule is NC(=O)NCCCOC(=O)c1c(F)cccc1F. The van der Waals surface area contributed by atoms with Crippen molar-refractivity contribution in [3.8, 4) is 0 Å². The molecule has 0 spiro atoms. The molecule has 1 rings (SSSR count). The molecule has 0 aromatic heterocycles. The van der Waals surface area contributed by atoms with Crippen LogP contribution in [0.3, 0.4) is 0 Å². The van der Waals surface area contributed by atoms with Crippen LogP contribution in [0.15, 0.2) is 18.2 Å². The van der Waals surface area contributed by atoms with Gasteiger partial charge in [0.1, 0.15) is 17.2 Å². The van der Waals surface area contributed by atoms with Crippen LogP contribution in [-0.4, -0.2) is 25.2 Å². The standard InChI is InChI=1S/C11H12F2N2O3/c12-7-3-1-4-8(13)9(7)10(16)18-6-2-5-15-11(14)17/h1,3-4H,2,5-6H2,(H3,14,15,17). The van der Waals surface area contributed by atoms with Crippen LogP contribution in [-0.2, 0) is 4.74 Å². The van der Waals surface area contributed by atoms with Crippen LogP contribution < -0.4 is 11.1 Å². The van der Waals surface area contributed by atoms with Crippen LogP contribution >= 0.6 is 0 Å². The van der Waals surface area contributed by atoms with Gasteiger partial charge in [-0.25, -0.2) is 18.4 Å². The number of rotatable bonds is 5. The highest BCUT2D eigenvalue weighted by Crippen LogP contribution is 2.13. The minimum Gasteiger partial charge on any atom is -0.462 e. The van der Waals surface area contributed by atoms with E-state index in [2.05, 4.69) is 10.1 Å². The molecule has 7 heteroatoms. The number of urea groups is 1. The van der Waals surface area contributed by atoms with E-state index in [9.17, 15) is 18.4 Å². The summed E-state index contributed by atoms with van der Waals surface area (Å²) in [5, 5.41) is 2.28. The molecule has 0 unspecified atom stereocenters. The lowest BCUT2D eigenvalue weighted by Gasteiger charge is -2.06. The molecule has 0 heterocycles. The Morgan fingerprint density at radius 3 is 2.44 bits per heavy atom. The molecule has 0 aliphatic rings. The van der Waals surface area contributed by atoms with Gasteiger partial charge in [-0.2, -0.15) is 0 Å². The lowest BCUT2D eigenvalue weighted by Crippen LogP contribution is -2.30. The summed E-state index contributed by atoms with van der Waals surface area (Å²) in [6.07, 6.45) is 0.296. The Hall–Kier alpha value is -2.18. The van der Waals surface area contributed by atoms with Crippen molar-refractivity contribution in [2.24, 2.45) is 5.73 Å². The van der Waals surface area contributed by atoms with E-state index in [1.54, 1.807) is 0 Å². The summed E-state index contributed by atoms with van der Waals surface area (Å²) in [5.41, 5.74) is 4.09. The van der Waals surface area contributed by atoms with Gasteiger partial charge in [0.25, 0.3) is 0 Å². The number of primary amides is 1. The molecule has 98 valence electrons. The second-order valence-corrected chi connectivity index (χ2v) is 3.38. The predicted octanol–water partition coefficient (Wildman–Crippen LogP) is 1.18. The molecule has 0 bridgehead atoms. The number of amides is 2. The van der Waals surface area contributed by atoms with Crippen molar-refractivity contribution >= 4 is 12.0 Å².